The molecule has 0 saturated heterocycles. The molecule has 2 amide bonds. The van der Waals surface area contributed by atoms with Crippen molar-refractivity contribution in [1.82, 2.24) is 15.5 Å². The van der Waals surface area contributed by atoms with E-state index >= 15 is 0 Å². The van der Waals surface area contributed by atoms with Crippen LogP contribution in [-0.4, -0.2) is 73.9 Å². The predicted molar refractivity (Wildman–Crippen MR) is 170 cm³/mol. The zero-order valence-corrected chi connectivity index (χ0v) is 26.2. The van der Waals surface area contributed by atoms with E-state index in [1.165, 1.54) is 16.2 Å². The van der Waals surface area contributed by atoms with E-state index < -0.39 is 18.2 Å². The third-order valence-electron chi connectivity index (χ3n) is 8.26. The van der Waals surface area contributed by atoms with Crippen molar-refractivity contribution in [2.45, 2.75) is 56.5 Å². The van der Waals surface area contributed by atoms with Gasteiger partial charge >= 0.3 is 0 Å². The Morgan fingerprint density at radius 2 is 1.95 bits per heavy atom. The number of amides is 2. The number of likely N-dealkylation sites (N-methyl/N-ethyl adjacent to an activating group) is 1. The summed E-state index contributed by atoms with van der Waals surface area (Å²) in [6.45, 7) is 2.90. The van der Waals surface area contributed by atoms with Gasteiger partial charge in [0.25, 0.3) is 5.91 Å². The third-order valence-corrected chi connectivity index (χ3v) is 9.15. The van der Waals surface area contributed by atoms with Crippen molar-refractivity contribution in [3.63, 3.8) is 0 Å². The number of fused-ring (bicyclic) bond motifs is 5. The van der Waals surface area contributed by atoms with Crippen molar-refractivity contribution < 1.29 is 28.9 Å². The molecule has 0 saturated carbocycles. The van der Waals surface area contributed by atoms with Crippen LogP contribution in [0.2, 0.25) is 0 Å². The minimum Gasteiger partial charge on any atom is -0.497 e. The number of nitrogens with zero attached hydrogens (tertiary/aromatic N) is 1. The molecule has 2 bridgehead atoms. The molecule has 10 heteroatoms. The third kappa shape index (κ3) is 7.32. The molecule has 234 valence electrons. The Balaban J connectivity index is 1.43. The van der Waals surface area contributed by atoms with Crippen LogP contribution in [0.4, 0.5) is 0 Å². The summed E-state index contributed by atoms with van der Waals surface area (Å²) in [5, 5.41) is 20.0. The molecule has 1 aliphatic carbocycles. The molecule has 2 aromatic carbocycles. The predicted octanol–water partition coefficient (Wildman–Crippen LogP) is 4.44. The Labute approximate surface area is 262 Å². The average Bonchev–Trinajstić information content (AvgIpc) is 3.64. The van der Waals surface area contributed by atoms with Gasteiger partial charge in [0.05, 0.1) is 38.6 Å². The van der Waals surface area contributed by atoms with E-state index in [0.29, 0.717) is 36.7 Å². The molecule has 44 heavy (non-hydrogen) atoms. The van der Waals surface area contributed by atoms with Gasteiger partial charge < -0.3 is 34.9 Å². The summed E-state index contributed by atoms with van der Waals surface area (Å²) in [7, 11) is 3.28. The second-order valence-corrected chi connectivity index (χ2v) is 12.0. The second kappa shape index (κ2) is 14.9. The molecule has 0 unspecified atom stereocenters. The molecule has 2 aliphatic rings. The summed E-state index contributed by atoms with van der Waals surface area (Å²) >= 11 is 1.29. The first kappa shape index (κ1) is 31.7. The molecule has 0 spiro atoms. The van der Waals surface area contributed by atoms with Crippen LogP contribution in [-0.2, 0) is 16.0 Å². The zero-order chi connectivity index (χ0) is 31.1. The van der Waals surface area contributed by atoms with Crippen molar-refractivity contribution in [3.8, 4) is 11.5 Å². The van der Waals surface area contributed by atoms with E-state index in [9.17, 15) is 14.7 Å². The minimum absolute atomic E-state index is 0.0521. The topological polar surface area (TPSA) is 109 Å². The number of aliphatic hydroxyl groups excluding tert-OH is 1. The number of methoxy groups -OCH3 is 1. The largest absolute Gasteiger partial charge is 0.497 e. The maximum Gasteiger partial charge on any atom is 0.268 e. The van der Waals surface area contributed by atoms with Crippen molar-refractivity contribution in [3.05, 3.63) is 93.7 Å². The van der Waals surface area contributed by atoms with Gasteiger partial charge in [-0.2, -0.15) is 0 Å². The standard InChI is InChI=1S/C34H41N3O6S/c1-4-42-30-15-17-44-32(30)34(40)37(2)28-12-8-9-16-43-31-20-26(25-19-23(41-3)13-14-24(25)31)35-21-29(38)27(36-33(28)39)18-22-10-6-5-7-11-22/h5-11,13-15,17,19,26-29,31,35,38H,4,12,16,18,20-21H2,1-3H3,(H,36,39)/t26-,27-,28-,29+,31+/m0/s1. The molecular weight excluding hydrogens is 578 g/mol. The van der Waals surface area contributed by atoms with E-state index in [1.807, 2.05) is 67.6 Å². The number of thiophene rings is 1. The molecule has 1 aliphatic heterocycles. The average molecular weight is 620 g/mol. The Hall–Kier alpha value is -3.70. The summed E-state index contributed by atoms with van der Waals surface area (Å²) in [4.78, 5) is 29.5. The number of benzene rings is 2. The number of aliphatic hydroxyl groups is 1. The van der Waals surface area contributed by atoms with Crippen molar-refractivity contribution >= 4 is 23.2 Å². The summed E-state index contributed by atoms with van der Waals surface area (Å²) < 4.78 is 17.4. The highest BCUT2D eigenvalue weighted by Gasteiger charge is 2.35. The van der Waals surface area contributed by atoms with E-state index in [0.717, 1.165) is 22.4 Å². The molecule has 2 heterocycles. The Kier molecular flexibility index (Phi) is 10.7. The summed E-state index contributed by atoms with van der Waals surface area (Å²) in [5.41, 5.74) is 3.16. The Morgan fingerprint density at radius 3 is 2.73 bits per heavy atom. The molecule has 0 fully saturated rings. The van der Waals surface area contributed by atoms with Crippen LogP contribution in [0, 0.1) is 0 Å². The highest BCUT2D eigenvalue weighted by Crippen LogP contribution is 2.42. The van der Waals surface area contributed by atoms with E-state index in [1.54, 1.807) is 25.6 Å². The van der Waals surface area contributed by atoms with Crippen LogP contribution >= 0.6 is 11.3 Å². The molecule has 1 aromatic heterocycles. The van der Waals surface area contributed by atoms with Crippen LogP contribution in [0.15, 0.2) is 72.1 Å². The quantitative estimate of drug-likeness (QED) is 0.336. The van der Waals surface area contributed by atoms with E-state index in [4.69, 9.17) is 14.2 Å². The lowest BCUT2D eigenvalue weighted by Crippen LogP contribution is -2.55. The normalized spacial score (nSPS) is 24.0. The van der Waals surface area contributed by atoms with Crippen molar-refractivity contribution in [2.24, 2.45) is 0 Å². The lowest BCUT2D eigenvalue weighted by molar-refractivity contribution is -0.126. The number of rotatable bonds is 7. The number of nitrogens with one attached hydrogen (secondary N) is 2. The Bertz CT molecular complexity index is 1440. The second-order valence-electron chi connectivity index (χ2n) is 11.1. The maximum atomic E-state index is 13.9. The lowest BCUT2D eigenvalue weighted by atomic mass is 9.99. The highest BCUT2D eigenvalue weighted by molar-refractivity contribution is 7.12. The number of hydrogen-bond donors (Lipinski definition) is 3. The molecule has 9 nitrogen and oxygen atoms in total. The fraction of sp³-hybridized carbons (Fsp3) is 0.412. The molecular formula is C34H41N3O6S. The number of ether oxygens (including phenoxy) is 3. The van der Waals surface area contributed by atoms with Gasteiger partial charge in [-0.25, -0.2) is 0 Å². The van der Waals surface area contributed by atoms with Crippen LogP contribution in [0.5, 0.6) is 11.5 Å². The lowest BCUT2D eigenvalue weighted by Gasteiger charge is -2.31. The van der Waals surface area contributed by atoms with Gasteiger partial charge in [-0.05, 0) is 66.5 Å². The van der Waals surface area contributed by atoms with Gasteiger partial charge in [0, 0.05) is 19.6 Å². The molecule has 0 radical (unpaired) electrons. The van der Waals surface area contributed by atoms with Gasteiger partial charge in [-0.1, -0.05) is 48.6 Å². The summed E-state index contributed by atoms with van der Waals surface area (Å²) in [6, 6.07) is 16.1. The number of hydrogen-bond acceptors (Lipinski definition) is 8. The van der Waals surface area contributed by atoms with Crippen molar-refractivity contribution in [1.29, 1.82) is 0 Å². The first-order valence-corrected chi connectivity index (χ1v) is 15.9. The molecule has 3 N–H and O–H groups in total. The number of β-amino-alcohol motifs (C(OH)–C–C–N with tert-alkyl or cyclic N) is 1. The first-order valence-electron chi connectivity index (χ1n) is 15.1. The van der Waals surface area contributed by atoms with Gasteiger partial charge in [0.2, 0.25) is 5.91 Å². The first-order chi connectivity index (χ1) is 21.4. The van der Waals surface area contributed by atoms with E-state index in [2.05, 4.69) is 10.6 Å². The smallest absolute Gasteiger partial charge is 0.268 e. The van der Waals surface area contributed by atoms with Crippen LogP contribution < -0.4 is 20.1 Å². The maximum absolute atomic E-state index is 13.9. The fourth-order valence-corrected chi connectivity index (χ4v) is 6.68. The number of carbonyl (C=O) groups excluding carboxylic acids is 2. The number of carbonyl (C=O) groups is 2. The summed E-state index contributed by atoms with van der Waals surface area (Å²) in [6.07, 6.45) is 4.16. The van der Waals surface area contributed by atoms with Crippen molar-refractivity contribution in [2.75, 3.05) is 33.9 Å². The Morgan fingerprint density at radius 1 is 1.14 bits per heavy atom. The van der Waals surface area contributed by atoms with Gasteiger partial charge in [0.1, 0.15) is 22.4 Å². The SMILES string of the molecule is CCOc1ccsc1C(=O)N(C)[C@H]1CC=CCO[C@@H]2C[C@H](NC[C@@H](O)[C@H](Cc3ccccc3)NC1=O)c1cc(OC)ccc12. The van der Waals surface area contributed by atoms with Gasteiger partial charge in [-0.15, -0.1) is 11.3 Å². The summed E-state index contributed by atoms with van der Waals surface area (Å²) in [5.74, 6) is 0.637. The van der Waals surface area contributed by atoms with Gasteiger partial charge in [-0.3, -0.25) is 9.59 Å². The molecule has 3 aromatic rings. The zero-order valence-electron chi connectivity index (χ0n) is 25.4. The monoisotopic (exact) mass is 619 g/mol. The van der Waals surface area contributed by atoms with Crippen LogP contribution in [0.3, 0.4) is 0 Å². The van der Waals surface area contributed by atoms with E-state index in [-0.39, 0.29) is 36.9 Å². The molecule has 5 rings (SSSR count). The fourth-order valence-electron chi connectivity index (χ4n) is 5.86. The highest BCUT2D eigenvalue weighted by atomic mass is 32.1. The molecule has 5 atom stereocenters. The van der Waals surface area contributed by atoms with Crippen LogP contribution in [0.25, 0.3) is 0 Å². The van der Waals surface area contributed by atoms with Crippen LogP contribution in [0.1, 0.15) is 58.3 Å². The minimum atomic E-state index is -0.905. The van der Waals surface area contributed by atoms with Gasteiger partial charge in [0.15, 0.2) is 0 Å².